The number of nitrogens with two attached hydrogens (primary N) is 1. The highest BCUT2D eigenvalue weighted by molar-refractivity contribution is 5.79. The summed E-state index contributed by atoms with van der Waals surface area (Å²) in [5.74, 6) is 0.191. The van der Waals surface area contributed by atoms with E-state index in [9.17, 15) is 4.79 Å². The Balaban J connectivity index is 1.94. The molecule has 1 unspecified atom stereocenters. The standard InChI is InChI=1S/C13H18N2O/c1-10-2-4-11(5-3-10)8-13(16)15-7-6-12(14)9-15/h2-5,12H,6-9,14H2,1H3. The number of rotatable bonds is 2. The first kappa shape index (κ1) is 11.1. The SMILES string of the molecule is Cc1ccc(CC(=O)N2CCC(N)C2)cc1. The average Bonchev–Trinajstić information content (AvgIpc) is 2.68. The molecule has 2 rings (SSSR count). The van der Waals surface area contributed by atoms with E-state index in [0.29, 0.717) is 13.0 Å². The Morgan fingerprint density at radius 3 is 2.69 bits per heavy atom. The smallest absolute Gasteiger partial charge is 0.227 e. The second-order valence-electron chi connectivity index (χ2n) is 4.55. The number of benzene rings is 1. The molecule has 2 N–H and O–H groups in total. The lowest BCUT2D eigenvalue weighted by atomic mass is 10.1. The first-order chi connectivity index (χ1) is 7.65. The normalized spacial score (nSPS) is 20.1. The highest BCUT2D eigenvalue weighted by atomic mass is 16.2. The van der Waals surface area contributed by atoms with Crippen molar-refractivity contribution in [3.05, 3.63) is 35.4 Å². The van der Waals surface area contributed by atoms with Gasteiger partial charge in [-0.05, 0) is 18.9 Å². The van der Waals surface area contributed by atoms with Crippen LogP contribution in [0.15, 0.2) is 24.3 Å². The van der Waals surface area contributed by atoms with E-state index < -0.39 is 0 Å². The fourth-order valence-electron chi connectivity index (χ4n) is 2.01. The van der Waals surface area contributed by atoms with Crippen molar-refractivity contribution in [3.8, 4) is 0 Å². The first-order valence-corrected chi connectivity index (χ1v) is 5.74. The minimum absolute atomic E-state index is 0.168. The minimum Gasteiger partial charge on any atom is -0.341 e. The van der Waals surface area contributed by atoms with Gasteiger partial charge in [0.25, 0.3) is 0 Å². The third-order valence-electron chi connectivity index (χ3n) is 3.05. The first-order valence-electron chi connectivity index (χ1n) is 5.74. The van der Waals surface area contributed by atoms with Gasteiger partial charge >= 0.3 is 0 Å². The monoisotopic (exact) mass is 218 g/mol. The van der Waals surface area contributed by atoms with Gasteiger partial charge in [0, 0.05) is 19.1 Å². The van der Waals surface area contributed by atoms with E-state index in [1.807, 2.05) is 36.1 Å². The van der Waals surface area contributed by atoms with Crippen LogP contribution in [0.2, 0.25) is 0 Å². The molecule has 1 aliphatic rings. The van der Waals surface area contributed by atoms with Gasteiger partial charge in [0.05, 0.1) is 6.42 Å². The van der Waals surface area contributed by atoms with E-state index in [0.717, 1.165) is 18.5 Å². The third kappa shape index (κ3) is 2.61. The highest BCUT2D eigenvalue weighted by Gasteiger charge is 2.23. The second kappa shape index (κ2) is 4.66. The van der Waals surface area contributed by atoms with Crippen LogP contribution in [0.5, 0.6) is 0 Å². The minimum atomic E-state index is 0.168. The third-order valence-corrected chi connectivity index (χ3v) is 3.05. The van der Waals surface area contributed by atoms with Gasteiger partial charge in [0.15, 0.2) is 0 Å². The summed E-state index contributed by atoms with van der Waals surface area (Å²) in [7, 11) is 0. The summed E-state index contributed by atoms with van der Waals surface area (Å²) in [5.41, 5.74) is 8.08. The number of carbonyl (C=O) groups excluding carboxylic acids is 1. The fourth-order valence-corrected chi connectivity index (χ4v) is 2.01. The van der Waals surface area contributed by atoms with Crippen LogP contribution in [0.25, 0.3) is 0 Å². The molecule has 1 heterocycles. The summed E-state index contributed by atoms with van der Waals surface area (Å²) in [6.45, 7) is 3.57. The molecule has 0 radical (unpaired) electrons. The average molecular weight is 218 g/mol. The quantitative estimate of drug-likeness (QED) is 0.808. The Morgan fingerprint density at radius 2 is 2.12 bits per heavy atom. The van der Waals surface area contributed by atoms with Crippen LogP contribution in [0.4, 0.5) is 0 Å². The molecule has 1 fully saturated rings. The molecule has 86 valence electrons. The van der Waals surface area contributed by atoms with Crippen LogP contribution < -0.4 is 5.73 Å². The van der Waals surface area contributed by atoms with Crippen molar-refractivity contribution in [2.75, 3.05) is 13.1 Å². The molecule has 0 spiro atoms. The number of amides is 1. The zero-order chi connectivity index (χ0) is 11.5. The highest BCUT2D eigenvalue weighted by Crippen LogP contribution is 2.11. The van der Waals surface area contributed by atoms with Gasteiger partial charge in [-0.15, -0.1) is 0 Å². The lowest BCUT2D eigenvalue weighted by Crippen LogP contribution is -2.32. The molecule has 1 saturated heterocycles. The van der Waals surface area contributed by atoms with Crippen LogP contribution in [0.3, 0.4) is 0 Å². The van der Waals surface area contributed by atoms with Crippen molar-refractivity contribution in [2.24, 2.45) is 5.73 Å². The Hall–Kier alpha value is -1.35. The molecule has 0 saturated carbocycles. The fraction of sp³-hybridized carbons (Fsp3) is 0.462. The Morgan fingerprint density at radius 1 is 1.44 bits per heavy atom. The zero-order valence-electron chi connectivity index (χ0n) is 9.65. The molecule has 16 heavy (non-hydrogen) atoms. The number of likely N-dealkylation sites (tertiary alicyclic amines) is 1. The van der Waals surface area contributed by atoms with E-state index >= 15 is 0 Å². The predicted molar refractivity (Wildman–Crippen MR) is 64.1 cm³/mol. The molecule has 0 bridgehead atoms. The lowest BCUT2D eigenvalue weighted by molar-refractivity contribution is -0.129. The summed E-state index contributed by atoms with van der Waals surface area (Å²) in [6.07, 6.45) is 1.42. The topological polar surface area (TPSA) is 46.3 Å². The van der Waals surface area contributed by atoms with Gasteiger partial charge in [-0.2, -0.15) is 0 Å². The molecule has 3 heteroatoms. The molecule has 1 amide bonds. The van der Waals surface area contributed by atoms with E-state index in [4.69, 9.17) is 5.73 Å². The molecule has 0 aliphatic carbocycles. The van der Waals surface area contributed by atoms with Crippen LogP contribution in [0, 0.1) is 6.92 Å². The Bertz CT molecular complexity index is 372. The molecule has 1 aromatic carbocycles. The summed E-state index contributed by atoms with van der Waals surface area (Å²) in [4.78, 5) is 13.8. The van der Waals surface area contributed by atoms with Gasteiger partial charge in [0.2, 0.25) is 5.91 Å². The second-order valence-corrected chi connectivity index (χ2v) is 4.55. The van der Waals surface area contributed by atoms with Crippen molar-refractivity contribution in [1.82, 2.24) is 4.90 Å². The van der Waals surface area contributed by atoms with E-state index in [1.165, 1.54) is 5.56 Å². The zero-order valence-corrected chi connectivity index (χ0v) is 9.65. The van der Waals surface area contributed by atoms with E-state index in [2.05, 4.69) is 0 Å². The maximum absolute atomic E-state index is 11.9. The molecule has 0 aromatic heterocycles. The molecule has 1 aliphatic heterocycles. The predicted octanol–water partition coefficient (Wildman–Crippen LogP) is 1.10. The maximum atomic E-state index is 11.9. The van der Waals surface area contributed by atoms with Crippen LogP contribution in [-0.4, -0.2) is 29.9 Å². The number of aryl methyl sites for hydroxylation is 1. The number of hydrogen-bond donors (Lipinski definition) is 1. The number of hydrogen-bond acceptors (Lipinski definition) is 2. The van der Waals surface area contributed by atoms with Crippen molar-refractivity contribution < 1.29 is 4.79 Å². The molecule has 1 aromatic rings. The molecular formula is C13H18N2O. The summed E-state index contributed by atoms with van der Waals surface area (Å²) >= 11 is 0. The number of carbonyl (C=O) groups is 1. The Labute approximate surface area is 96.2 Å². The molecule has 1 atom stereocenters. The Kier molecular flexibility index (Phi) is 3.25. The number of nitrogens with zero attached hydrogens (tertiary/aromatic N) is 1. The summed E-state index contributed by atoms with van der Waals surface area (Å²) < 4.78 is 0. The van der Waals surface area contributed by atoms with Gasteiger partial charge in [-0.25, -0.2) is 0 Å². The van der Waals surface area contributed by atoms with Crippen LogP contribution in [0.1, 0.15) is 17.5 Å². The summed E-state index contributed by atoms with van der Waals surface area (Å²) in [6, 6.07) is 8.28. The summed E-state index contributed by atoms with van der Waals surface area (Å²) in [5, 5.41) is 0. The maximum Gasteiger partial charge on any atom is 0.227 e. The van der Waals surface area contributed by atoms with Gasteiger partial charge in [0.1, 0.15) is 0 Å². The van der Waals surface area contributed by atoms with Crippen molar-refractivity contribution in [2.45, 2.75) is 25.8 Å². The van der Waals surface area contributed by atoms with Gasteiger partial charge in [-0.3, -0.25) is 4.79 Å². The van der Waals surface area contributed by atoms with Crippen molar-refractivity contribution in [3.63, 3.8) is 0 Å². The van der Waals surface area contributed by atoms with Crippen molar-refractivity contribution >= 4 is 5.91 Å². The van der Waals surface area contributed by atoms with Gasteiger partial charge < -0.3 is 10.6 Å². The lowest BCUT2D eigenvalue weighted by Gasteiger charge is -2.15. The van der Waals surface area contributed by atoms with Crippen molar-refractivity contribution in [1.29, 1.82) is 0 Å². The largest absolute Gasteiger partial charge is 0.341 e. The van der Waals surface area contributed by atoms with Gasteiger partial charge in [-0.1, -0.05) is 29.8 Å². The van der Waals surface area contributed by atoms with E-state index in [-0.39, 0.29) is 11.9 Å². The van der Waals surface area contributed by atoms with Crippen LogP contribution >= 0.6 is 0 Å². The molecular weight excluding hydrogens is 200 g/mol. The van der Waals surface area contributed by atoms with Crippen LogP contribution in [-0.2, 0) is 11.2 Å². The van der Waals surface area contributed by atoms with E-state index in [1.54, 1.807) is 0 Å². The molecule has 3 nitrogen and oxygen atoms in total.